The Hall–Kier alpha value is -1.83. The predicted molar refractivity (Wildman–Crippen MR) is 85.1 cm³/mol. The summed E-state index contributed by atoms with van der Waals surface area (Å²) in [5.41, 5.74) is 0.0626. The van der Waals surface area contributed by atoms with Gasteiger partial charge in [0, 0.05) is 22.9 Å². The highest BCUT2D eigenvalue weighted by atomic mass is 35.7. The number of carboxylic acids is 1. The first-order valence-corrected chi connectivity index (χ1v) is 9.04. The van der Waals surface area contributed by atoms with E-state index in [4.69, 9.17) is 27.0 Å². The lowest BCUT2D eigenvalue weighted by Gasteiger charge is -2.14. The van der Waals surface area contributed by atoms with Crippen LogP contribution in [0.2, 0.25) is 5.02 Å². The second kappa shape index (κ2) is 6.74. The van der Waals surface area contributed by atoms with Gasteiger partial charge in [0.25, 0.3) is 9.05 Å². The van der Waals surface area contributed by atoms with Gasteiger partial charge >= 0.3 is 5.97 Å². The molecule has 9 heteroatoms. The van der Waals surface area contributed by atoms with E-state index in [2.05, 4.69) is 4.98 Å². The van der Waals surface area contributed by atoms with Crippen molar-refractivity contribution >= 4 is 37.3 Å². The van der Waals surface area contributed by atoms with E-state index in [0.29, 0.717) is 17.0 Å². The average Bonchev–Trinajstić information content (AvgIpc) is 2.45. The van der Waals surface area contributed by atoms with Crippen LogP contribution in [-0.2, 0) is 15.5 Å². The van der Waals surface area contributed by atoms with Gasteiger partial charge in [-0.15, -0.1) is 0 Å². The summed E-state index contributed by atoms with van der Waals surface area (Å²) >= 11 is 5.82. The minimum absolute atomic E-state index is 0.0214. The Balaban J connectivity index is 2.63. The number of aromatic carboxylic acids is 1. The van der Waals surface area contributed by atoms with Crippen molar-refractivity contribution in [2.45, 2.75) is 18.2 Å². The Labute approximate surface area is 142 Å². The van der Waals surface area contributed by atoms with Gasteiger partial charge in [0.2, 0.25) is 0 Å². The van der Waals surface area contributed by atoms with E-state index in [-0.39, 0.29) is 22.0 Å². The lowest BCUT2D eigenvalue weighted by molar-refractivity contribution is 0.0693. The molecule has 23 heavy (non-hydrogen) atoms. The number of benzene rings is 1. The van der Waals surface area contributed by atoms with E-state index in [9.17, 15) is 18.3 Å². The van der Waals surface area contributed by atoms with Gasteiger partial charge in [0.05, 0.1) is 16.1 Å². The van der Waals surface area contributed by atoms with Crippen molar-refractivity contribution in [1.82, 2.24) is 4.98 Å². The van der Waals surface area contributed by atoms with Gasteiger partial charge in [-0.3, -0.25) is 4.98 Å². The molecule has 1 heterocycles. The maximum Gasteiger partial charge on any atom is 0.339 e. The number of halogens is 2. The Morgan fingerprint density at radius 2 is 2.00 bits per heavy atom. The molecule has 0 unspecified atom stereocenters. The van der Waals surface area contributed by atoms with Crippen LogP contribution < -0.4 is 4.74 Å². The van der Waals surface area contributed by atoms with Crippen LogP contribution in [0.15, 0.2) is 35.5 Å². The maximum absolute atomic E-state index is 11.5. The third-order valence-electron chi connectivity index (χ3n) is 2.93. The number of hydrogen-bond donors (Lipinski definition) is 1. The molecule has 0 saturated carbocycles. The molecule has 0 radical (unpaired) electrons. The minimum atomic E-state index is -4.07. The number of pyridine rings is 1. The van der Waals surface area contributed by atoms with Gasteiger partial charge in [-0.2, -0.15) is 0 Å². The van der Waals surface area contributed by atoms with Gasteiger partial charge in [-0.05, 0) is 24.1 Å². The van der Waals surface area contributed by atoms with Crippen molar-refractivity contribution in [1.29, 1.82) is 0 Å². The third-order valence-corrected chi connectivity index (χ3v) is 4.47. The zero-order valence-corrected chi connectivity index (χ0v) is 14.1. The van der Waals surface area contributed by atoms with Crippen molar-refractivity contribution in [2.24, 2.45) is 0 Å². The second-order valence-corrected chi connectivity index (χ2v) is 7.50. The van der Waals surface area contributed by atoms with Crippen LogP contribution in [-0.4, -0.2) is 24.5 Å². The number of carboxylic acid groups (broad SMARTS) is 1. The molecule has 122 valence electrons. The molecule has 0 amide bonds. The summed E-state index contributed by atoms with van der Waals surface area (Å²) in [5.74, 6) is -1.09. The Morgan fingerprint density at radius 3 is 2.52 bits per heavy atom. The quantitative estimate of drug-likeness (QED) is 0.800. The van der Waals surface area contributed by atoms with E-state index < -0.39 is 15.0 Å². The predicted octanol–water partition coefficient (Wildman–Crippen LogP) is 3.72. The van der Waals surface area contributed by atoms with Crippen molar-refractivity contribution in [3.63, 3.8) is 0 Å². The van der Waals surface area contributed by atoms with E-state index in [1.54, 1.807) is 6.92 Å². The highest BCUT2D eigenvalue weighted by Gasteiger charge is 2.22. The first kappa shape index (κ1) is 17.5. The highest BCUT2D eigenvalue weighted by Crippen LogP contribution is 2.34. The van der Waals surface area contributed by atoms with Crippen molar-refractivity contribution < 1.29 is 23.1 Å². The van der Waals surface area contributed by atoms with Crippen LogP contribution in [0.5, 0.6) is 11.5 Å². The molecule has 1 aromatic heterocycles. The van der Waals surface area contributed by atoms with Gasteiger partial charge in [0.1, 0.15) is 17.1 Å². The van der Waals surface area contributed by atoms with Crippen LogP contribution in [0.3, 0.4) is 0 Å². The zero-order chi connectivity index (χ0) is 17.2. The van der Waals surface area contributed by atoms with Crippen molar-refractivity contribution in [3.8, 4) is 11.5 Å². The summed E-state index contributed by atoms with van der Waals surface area (Å²) in [5, 5.41) is 9.67. The van der Waals surface area contributed by atoms with E-state index in [0.717, 1.165) is 6.07 Å². The second-order valence-electron chi connectivity index (χ2n) is 4.50. The number of ether oxygens (including phenoxy) is 1. The standard InChI is InChI=1S/C14H11Cl2NO5S/c1-2-8-3-11(23(16,20)21)5-12(14(18)19)13(8)22-10-4-9(15)6-17-7-10/h3-7H,2H2,1H3,(H,18,19). The molecule has 2 aromatic rings. The SMILES string of the molecule is CCc1cc(S(=O)(=O)Cl)cc(C(=O)O)c1Oc1cncc(Cl)c1. The summed E-state index contributed by atoms with van der Waals surface area (Å²) in [7, 11) is 1.24. The molecule has 0 spiro atoms. The van der Waals surface area contributed by atoms with Crippen LogP contribution in [0, 0.1) is 0 Å². The Bertz CT molecular complexity index is 867. The van der Waals surface area contributed by atoms with Crippen LogP contribution >= 0.6 is 22.3 Å². The molecule has 0 aliphatic rings. The van der Waals surface area contributed by atoms with E-state index >= 15 is 0 Å². The fourth-order valence-electron chi connectivity index (χ4n) is 1.91. The minimum Gasteiger partial charge on any atom is -0.478 e. The molecular formula is C14H11Cl2NO5S. The number of aryl methyl sites for hydroxylation is 1. The topological polar surface area (TPSA) is 93.6 Å². The van der Waals surface area contributed by atoms with Gasteiger partial charge in [0.15, 0.2) is 0 Å². The molecule has 0 atom stereocenters. The molecule has 6 nitrogen and oxygen atoms in total. The number of rotatable bonds is 5. The van der Waals surface area contributed by atoms with Crippen LogP contribution in [0.1, 0.15) is 22.8 Å². The smallest absolute Gasteiger partial charge is 0.339 e. The first-order valence-electron chi connectivity index (χ1n) is 6.35. The highest BCUT2D eigenvalue weighted by molar-refractivity contribution is 8.13. The summed E-state index contributed by atoms with van der Waals surface area (Å²) in [4.78, 5) is 15.0. The summed E-state index contributed by atoms with van der Waals surface area (Å²) in [6.07, 6.45) is 3.10. The molecule has 2 rings (SSSR count). The van der Waals surface area contributed by atoms with Crippen LogP contribution in [0.4, 0.5) is 0 Å². The zero-order valence-electron chi connectivity index (χ0n) is 11.8. The fraction of sp³-hybridized carbons (Fsp3) is 0.143. The third kappa shape index (κ3) is 4.13. The molecular weight excluding hydrogens is 365 g/mol. The Kier molecular flexibility index (Phi) is 5.13. The molecule has 0 aliphatic carbocycles. The van der Waals surface area contributed by atoms with Gasteiger partial charge < -0.3 is 9.84 Å². The summed E-state index contributed by atoms with van der Waals surface area (Å²) in [6, 6.07) is 3.70. The van der Waals surface area contributed by atoms with Crippen LogP contribution in [0.25, 0.3) is 0 Å². The van der Waals surface area contributed by atoms with E-state index in [1.807, 2.05) is 0 Å². The molecule has 0 saturated heterocycles. The molecule has 0 bridgehead atoms. The number of nitrogens with zero attached hydrogens (tertiary/aromatic N) is 1. The molecule has 1 aromatic carbocycles. The summed E-state index contributed by atoms with van der Waals surface area (Å²) < 4.78 is 28.6. The van der Waals surface area contributed by atoms with Crippen molar-refractivity contribution in [2.75, 3.05) is 0 Å². The molecule has 0 fully saturated rings. The van der Waals surface area contributed by atoms with E-state index in [1.165, 1.54) is 24.5 Å². The average molecular weight is 376 g/mol. The fourth-order valence-corrected chi connectivity index (χ4v) is 2.88. The van der Waals surface area contributed by atoms with Gasteiger partial charge in [-0.1, -0.05) is 18.5 Å². The number of aromatic nitrogens is 1. The monoisotopic (exact) mass is 375 g/mol. The normalized spacial score (nSPS) is 11.3. The van der Waals surface area contributed by atoms with Crippen molar-refractivity contribution in [3.05, 3.63) is 46.7 Å². The first-order chi connectivity index (χ1) is 10.7. The number of hydrogen-bond acceptors (Lipinski definition) is 5. The largest absolute Gasteiger partial charge is 0.478 e. The summed E-state index contributed by atoms with van der Waals surface area (Å²) in [6.45, 7) is 1.73. The lowest BCUT2D eigenvalue weighted by Crippen LogP contribution is -2.06. The number of carbonyl (C=O) groups is 1. The molecule has 0 aliphatic heterocycles. The van der Waals surface area contributed by atoms with Gasteiger partial charge in [-0.25, -0.2) is 13.2 Å². The maximum atomic E-state index is 11.5. The molecule has 1 N–H and O–H groups in total. The Morgan fingerprint density at radius 1 is 1.30 bits per heavy atom. The lowest BCUT2D eigenvalue weighted by atomic mass is 10.1.